The second-order valence-corrected chi connectivity index (χ2v) is 4.93. The zero-order chi connectivity index (χ0) is 12.3. The van der Waals surface area contributed by atoms with Crippen LogP contribution in [0.15, 0.2) is 10.7 Å². The highest BCUT2D eigenvalue weighted by atomic mass is 16.4. The van der Waals surface area contributed by atoms with E-state index in [1.807, 2.05) is 6.92 Å². The monoisotopic (exact) mass is 236 g/mol. The van der Waals surface area contributed by atoms with Crippen molar-refractivity contribution in [1.82, 2.24) is 4.98 Å². The summed E-state index contributed by atoms with van der Waals surface area (Å²) in [6, 6.07) is 0.452. The molecule has 4 heteroatoms. The van der Waals surface area contributed by atoms with E-state index in [0.717, 1.165) is 44.2 Å². The third-order valence-electron chi connectivity index (χ3n) is 3.71. The Morgan fingerprint density at radius 1 is 1.59 bits per heavy atom. The number of amides is 1. The lowest BCUT2D eigenvalue weighted by Gasteiger charge is -2.47. The van der Waals surface area contributed by atoms with Gasteiger partial charge in [-0.15, -0.1) is 0 Å². The molecule has 1 aromatic heterocycles. The van der Waals surface area contributed by atoms with Crippen LogP contribution < -0.4 is 4.90 Å². The summed E-state index contributed by atoms with van der Waals surface area (Å²) in [6.07, 6.45) is 9.12. The Kier molecular flexibility index (Phi) is 3.50. The fourth-order valence-corrected chi connectivity index (χ4v) is 2.51. The molecule has 0 atom stereocenters. The van der Waals surface area contributed by atoms with E-state index in [9.17, 15) is 4.79 Å². The maximum atomic E-state index is 11.3. The molecule has 1 amide bonds. The number of nitrogens with zero attached hydrogens (tertiary/aromatic N) is 2. The van der Waals surface area contributed by atoms with Gasteiger partial charge in [0, 0.05) is 0 Å². The highest BCUT2D eigenvalue weighted by Crippen LogP contribution is 2.42. The molecule has 0 spiro atoms. The van der Waals surface area contributed by atoms with Crippen LogP contribution in [0, 0.1) is 6.92 Å². The molecule has 0 bridgehead atoms. The van der Waals surface area contributed by atoms with Crippen molar-refractivity contribution in [2.24, 2.45) is 0 Å². The molecule has 2 rings (SSSR count). The molecule has 1 heterocycles. The molecule has 1 saturated carbocycles. The van der Waals surface area contributed by atoms with Crippen LogP contribution in [0.4, 0.5) is 6.01 Å². The number of unbranched alkanes of at least 4 members (excludes halogenated alkanes) is 1. The van der Waals surface area contributed by atoms with Crippen molar-refractivity contribution in [2.45, 2.75) is 57.9 Å². The summed E-state index contributed by atoms with van der Waals surface area (Å²) in [5.41, 5.74) is 0.784. The van der Waals surface area contributed by atoms with Crippen LogP contribution in [0.5, 0.6) is 0 Å². The van der Waals surface area contributed by atoms with Gasteiger partial charge in [0.25, 0.3) is 0 Å². The fraction of sp³-hybridized carbons (Fsp3) is 0.692. The Morgan fingerprint density at radius 3 is 2.76 bits per heavy atom. The van der Waals surface area contributed by atoms with E-state index in [1.54, 1.807) is 11.2 Å². The minimum absolute atomic E-state index is 0.0327. The number of oxazole rings is 1. The van der Waals surface area contributed by atoms with E-state index < -0.39 is 0 Å². The standard InChI is InChI=1S/C13H20N2O2/c1-3-4-6-13(7-5-8-13)15(10-16)12-14-11(2)9-17-12/h9-10H,3-8H2,1-2H3. The van der Waals surface area contributed by atoms with Crippen LogP contribution in [0.2, 0.25) is 0 Å². The largest absolute Gasteiger partial charge is 0.431 e. The minimum atomic E-state index is -0.0327. The Labute approximate surface area is 102 Å². The zero-order valence-corrected chi connectivity index (χ0v) is 10.6. The quantitative estimate of drug-likeness (QED) is 0.713. The first-order chi connectivity index (χ1) is 8.22. The number of aromatic nitrogens is 1. The lowest BCUT2D eigenvalue weighted by molar-refractivity contribution is -0.109. The van der Waals surface area contributed by atoms with Crippen molar-refractivity contribution < 1.29 is 9.21 Å². The van der Waals surface area contributed by atoms with E-state index in [-0.39, 0.29) is 5.54 Å². The number of hydrogen-bond donors (Lipinski definition) is 0. The highest BCUT2D eigenvalue weighted by Gasteiger charge is 2.43. The molecule has 4 nitrogen and oxygen atoms in total. The highest BCUT2D eigenvalue weighted by molar-refractivity contribution is 5.73. The van der Waals surface area contributed by atoms with Gasteiger partial charge >= 0.3 is 6.01 Å². The van der Waals surface area contributed by atoms with Crippen LogP contribution in [0.25, 0.3) is 0 Å². The van der Waals surface area contributed by atoms with E-state index in [2.05, 4.69) is 11.9 Å². The van der Waals surface area contributed by atoms with Gasteiger partial charge < -0.3 is 4.42 Å². The lowest BCUT2D eigenvalue weighted by atomic mass is 9.72. The Balaban J connectivity index is 2.18. The van der Waals surface area contributed by atoms with E-state index in [4.69, 9.17) is 4.42 Å². The zero-order valence-electron chi connectivity index (χ0n) is 10.6. The van der Waals surface area contributed by atoms with Crippen molar-refractivity contribution >= 4 is 12.4 Å². The lowest BCUT2D eigenvalue weighted by Crippen LogP contribution is -2.53. The molecule has 0 aromatic carbocycles. The summed E-state index contributed by atoms with van der Waals surface area (Å²) >= 11 is 0. The Morgan fingerprint density at radius 2 is 2.35 bits per heavy atom. The summed E-state index contributed by atoms with van der Waals surface area (Å²) < 4.78 is 5.36. The van der Waals surface area contributed by atoms with Crippen molar-refractivity contribution in [3.63, 3.8) is 0 Å². The molecule has 0 saturated heterocycles. The first kappa shape index (κ1) is 12.1. The molecule has 0 unspecified atom stereocenters. The van der Waals surface area contributed by atoms with Gasteiger partial charge in [0.2, 0.25) is 6.41 Å². The van der Waals surface area contributed by atoms with Gasteiger partial charge in [-0.3, -0.25) is 9.69 Å². The van der Waals surface area contributed by atoms with Crippen molar-refractivity contribution in [1.29, 1.82) is 0 Å². The molecule has 17 heavy (non-hydrogen) atoms. The maximum absolute atomic E-state index is 11.3. The van der Waals surface area contributed by atoms with Gasteiger partial charge in [0.15, 0.2) is 0 Å². The normalized spacial score (nSPS) is 17.5. The average Bonchev–Trinajstić information content (AvgIpc) is 2.68. The van der Waals surface area contributed by atoms with Gasteiger partial charge in [-0.05, 0) is 32.6 Å². The van der Waals surface area contributed by atoms with Crippen LogP contribution >= 0.6 is 0 Å². The predicted molar refractivity (Wildman–Crippen MR) is 65.9 cm³/mol. The molecule has 0 radical (unpaired) electrons. The Bertz CT molecular complexity index is 383. The first-order valence-electron chi connectivity index (χ1n) is 6.38. The maximum Gasteiger partial charge on any atom is 0.304 e. The third-order valence-corrected chi connectivity index (χ3v) is 3.71. The van der Waals surface area contributed by atoms with Gasteiger partial charge in [0.05, 0.1) is 11.2 Å². The molecule has 0 aliphatic heterocycles. The van der Waals surface area contributed by atoms with E-state index >= 15 is 0 Å². The number of hydrogen-bond acceptors (Lipinski definition) is 3. The number of anilines is 1. The predicted octanol–water partition coefficient (Wildman–Crippen LogP) is 3.06. The summed E-state index contributed by atoms with van der Waals surface area (Å²) in [7, 11) is 0. The minimum Gasteiger partial charge on any atom is -0.431 e. The van der Waals surface area contributed by atoms with E-state index in [0.29, 0.717) is 6.01 Å². The molecular formula is C13H20N2O2. The van der Waals surface area contributed by atoms with Crippen LogP contribution in [-0.4, -0.2) is 16.9 Å². The van der Waals surface area contributed by atoms with Gasteiger partial charge in [-0.2, -0.15) is 4.98 Å². The topological polar surface area (TPSA) is 46.3 Å². The van der Waals surface area contributed by atoms with Crippen LogP contribution in [0.3, 0.4) is 0 Å². The van der Waals surface area contributed by atoms with Gasteiger partial charge in [-0.25, -0.2) is 0 Å². The molecule has 1 aliphatic carbocycles. The van der Waals surface area contributed by atoms with Crippen molar-refractivity contribution in [3.8, 4) is 0 Å². The number of rotatable bonds is 6. The molecule has 0 N–H and O–H groups in total. The number of carbonyl (C=O) groups is 1. The van der Waals surface area contributed by atoms with Crippen molar-refractivity contribution in [2.75, 3.05) is 4.90 Å². The second-order valence-electron chi connectivity index (χ2n) is 4.93. The molecule has 1 fully saturated rings. The van der Waals surface area contributed by atoms with Crippen molar-refractivity contribution in [3.05, 3.63) is 12.0 Å². The molecule has 1 aliphatic rings. The third kappa shape index (κ3) is 2.21. The molecule has 94 valence electrons. The molecule has 1 aromatic rings. The summed E-state index contributed by atoms with van der Waals surface area (Å²) in [6.45, 7) is 4.04. The summed E-state index contributed by atoms with van der Waals surface area (Å²) in [4.78, 5) is 17.3. The Hall–Kier alpha value is -1.32. The smallest absolute Gasteiger partial charge is 0.304 e. The SMILES string of the molecule is CCCCC1(N(C=O)c2nc(C)co2)CCC1. The second kappa shape index (κ2) is 4.90. The summed E-state index contributed by atoms with van der Waals surface area (Å²) in [5, 5.41) is 0. The van der Waals surface area contributed by atoms with Crippen LogP contribution in [-0.2, 0) is 4.79 Å². The summed E-state index contributed by atoms with van der Waals surface area (Å²) in [5.74, 6) is 0. The number of carbonyl (C=O) groups excluding carboxylic acids is 1. The van der Waals surface area contributed by atoms with Gasteiger partial charge in [0.1, 0.15) is 6.26 Å². The average molecular weight is 236 g/mol. The van der Waals surface area contributed by atoms with E-state index in [1.165, 1.54) is 6.42 Å². The first-order valence-corrected chi connectivity index (χ1v) is 6.38. The molecular weight excluding hydrogens is 216 g/mol. The van der Waals surface area contributed by atoms with Gasteiger partial charge in [-0.1, -0.05) is 19.8 Å². The number of aryl methyl sites for hydroxylation is 1. The fourth-order valence-electron chi connectivity index (χ4n) is 2.51. The van der Waals surface area contributed by atoms with Crippen LogP contribution in [0.1, 0.15) is 51.1 Å².